The topological polar surface area (TPSA) is 112 Å². The number of rotatable bonds is 2. The normalized spacial score (nSPS) is 10.4. The number of pyridine rings is 1. The Balaban J connectivity index is 2.72. The summed E-state index contributed by atoms with van der Waals surface area (Å²) in [4.78, 5) is 25.6. The fraction of sp³-hybridized carbons (Fsp3) is 0. The number of amides is 2. The third kappa shape index (κ3) is 1.41. The third-order valence-electron chi connectivity index (χ3n) is 1.98. The highest BCUT2D eigenvalue weighted by atomic mass is 16.3. The predicted octanol–water partition coefficient (Wildman–Crippen LogP) is 0.0256. The van der Waals surface area contributed by atoms with E-state index in [1.165, 1.54) is 18.5 Å². The number of primary amides is 2. The van der Waals surface area contributed by atoms with Crippen LogP contribution in [0.2, 0.25) is 0 Å². The largest absolute Gasteiger partial charge is 0.462 e. The second-order valence-electron chi connectivity index (χ2n) is 2.94. The molecule has 0 aromatic carbocycles. The molecule has 6 heteroatoms. The number of hydrogen-bond acceptors (Lipinski definition) is 4. The first-order valence-corrected chi connectivity index (χ1v) is 4.06. The molecular weight excluding hydrogens is 198 g/mol. The van der Waals surface area contributed by atoms with Gasteiger partial charge in [0.25, 0.3) is 11.8 Å². The van der Waals surface area contributed by atoms with Gasteiger partial charge in [-0.3, -0.25) is 9.59 Å². The molecule has 0 atom stereocenters. The molecule has 0 fully saturated rings. The van der Waals surface area contributed by atoms with Gasteiger partial charge in [0, 0.05) is 5.39 Å². The van der Waals surface area contributed by atoms with Crippen molar-refractivity contribution >= 4 is 22.8 Å². The molecule has 2 rings (SSSR count). The van der Waals surface area contributed by atoms with Crippen LogP contribution in [0.4, 0.5) is 0 Å². The maximum Gasteiger partial charge on any atom is 0.267 e. The van der Waals surface area contributed by atoms with Gasteiger partial charge >= 0.3 is 0 Å². The number of carbonyl (C=O) groups is 2. The van der Waals surface area contributed by atoms with E-state index in [4.69, 9.17) is 15.9 Å². The summed E-state index contributed by atoms with van der Waals surface area (Å²) in [5.74, 6) is -1.30. The summed E-state index contributed by atoms with van der Waals surface area (Å²) < 4.78 is 5.03. The van der Waals surface area contributed by atoms with E-state index in [9.17, 15) is 9.59 Å². The average molecular weight is 205 g/mol. The summed E-state index contributed by atoms with van der Waals surface area (Å²) >= 11 is 0. The van der Waals surface area contributed by atoms with Crippen LogP contribution in [0.25, 0.3) is 11.0 Å². The minimum absolute atomic E-state index is 0.0615. The minimum Gasteiger partial charge on any atom is -0.462 e. The summed E-state index contributed by atoms with van der Waals surface area (Å²) in [6, 6.07) is 1.38. The number of fused-ring (bicyclic) bond motifs is 1. The van der Waals surface area contributed by atoms with E-state index in [-0.39, 0.29) is 11.3 Å². The van der Waals surface area contributed by atoms with Gasteiger partial charge < -0.3 is 15.9 Å². The van der Waals surface area contributed by atoms with Gasteiger partial charge in [-0.2, -0.15) is 0 Å². The molecule has 2 aromatic rings. The van der Waals surface area contributed by atoms with Crippen LogP contribution >= 0.6 is 0 Å². The Hall–Kier alpha value is -2.37. The molecule has 0 spiro atoms. The van der Waals surface area contributed by atoms with E-state index in [0.717, 1.165) is 0 Å². The zero-order valence-corrected chi connectivity index (χ0v) is 7.56. The molecular formula is C9H7N3O3. The lowest BCUT2D eigenvalue weighted by atomic mass is 10.2. The first kappa shape index (κ1) is 9.20. The molecule has 0 unspecified atom stereocenters. The lowest BCUT2D eigenvalue weighted by Crippen LogP contribution is -2.13. The SMILES string of the molecule is NC(=O)c1cc2c(C(N)=O)coc2cn1. The van der Waals surface area contributed by atoms with Gasteiger partial charge in [-0.15, -0.1) is 0 Å². The maximum absolute atomic E-state index is 11.0. The molecule has 0 aliphatic rings. The van der Waals surface area contributed by atoms with Crippen molar-refractivity contribution in [1.29, 1.82) is 0 Å². The summed E-state index contributed by atoms with van der Waals surface area (Å²) in [5, 5.41) is 0.436. The Kier molecular flexibility index (Phi) is 1.89. The van der Waals surface area contributed by atoms with E-state index in [1.54, 1.807) is 0 Å². The van der Waals surface area contributed by atoms with E-state index in [0.29, 0.717) is 11.0 Å². The Morgan fingerprint density at radius 1 is 1.27 bits per heavy atom. The van der Waals surface area contributed by atoms with Crippen molar-refractivity contribution in [2.75, 3.05) is 0 Å². The Morgan fingerprint density at radius 2 is 2.00 bits per heavy atom. The Labute approximate surface area is 83.9 Å². The highest BCUT2D eigenvalue weighted by molar-refractivity contribution is 6.06. The Morgan fingerprint density at radius 3 is 2.60 bits per heavy atom. The van der Waals surface area contributed by atoms with Crippen molar-refractivity contribution in [1.82, 2.24) is 4.98 Å². The van der Waals surface area contributed by atoms with Crippen LogP contribution in [0.5, 0.6) is 0 Å². The Bertz CT molecular complexity index is 559. The van der Waals surface area contributed by atoms with Gasteiger partial charge in [-0.1, -0.05) is 0 Å². The van der Waals surface area contributed by atoms with Crippen molar-refractivity contribution in [3.05, 3.63) is 29.8 Å². The molecule has 0 aliphatic heterocycles. The highest BCUT2D eigenvalue weighted by Gasteiger charge is 2.13. The van der Waals surface area contributed by atoms with E-state index in [1.807, 2.05) is 0 Å². The summed E-state index contributed by atoms with van der Waals surface area (Å²) in [6.07, 6.45) is 2.54. The van der Waals surface area contributed by atoms with E-state index >= 15 is 0 Å². The predicted molar refractivity (Wildman–Crippen MR) is 51.0 cm³/mol. The molecule has 0 saturated carbocycles. The highest BCUT2D eigenvalue weighted by Crippen LogP contribution is 2.20. The second kappa shape index (κ2) is 3.09. The van der Waals surface area contributed by atoms with Gasteiger partial charge in [-0.05, 0) is 6.07 Å². The zero-order valence-electron chi connectivity index (χ0n) is 7.56. The van der Waals surface area contributed by atoms with Crippen LogP contribution < -0.4 is 11.5 Å². The quantitative estimate of drug-likeness (QED) is 0.719. The molecule has 76 valence electrons. The van der Waals surface area contributed by atoms with Crippen LogP contribution in [0, 0.1) is 0 Å². The van der Waals surface area contributed by atoms with Gasteiger partial charge in [0.05, 0.1) is 11.8 Å². The maximum atomic E-state index is 11.0. The summed E-state index contributed by atoms with van der Waals surface area (Å²) in [6.45, 7) is 0. The average Bonchev–Trinajstić information content (AvgIpc) is 2.59. The fourth-order valence-corrected chi connectivity index (χ4v) is 1.26. The number of furan rings is 1. The third-order valence-corrected chi connectivity index (χ3v) is 1.98. The molecule has 0 saturated heterocycles. The van der Waals surface area contributed by atoms with Gasteiger partial charge in [0.1, 0.15) is 12.0 Å². The molecule has 0 aliphatic carbocycles. The van der Waals surface area contributed by atoms with Crippen LogP contribution in [0.3, 0.4) is 0 Å². The smallest absolute Gasteiger partial charge is 0.267 e. The molecule has 4 N–H and O–H groups in total. The molecule has 0 bridgehead atoms. The standard InChI is InChI=1S/C9H7N3O3/c10-8(13)5-3-15-7-2-12-6(9(11)14)1-4(5)7/h1-3H,(H2,10,13)(H2,11,14). The first-order chi connectivity index (χ1) is 7.09. The minimum atomic E-state index is -0.673. The first-order valence-electron chi connectivity index (χ1n) is 4.06. The lowest BCUT2D eigenvalue weighted by Gasteiger charge is -1.94. The number of hydrogen-bond donors (Lipinski definition) is 2. The van der Waals surface area contributed by atoms with Crippen molar-refractivity contribution in [3.8, 4) is 0 Å². The number of carbonyl (C=O) groups excluding carboxylic acids is 2. The van der Waals surface area contributed by atoms with Crippen molar-refractivity contribution in [3.63, 3.8) is 0 Å². The lowest BCUT2D eigenvalue weighted by molar-refractivity contribution is 0.0988. The monoisotopic (exact) mass is 205 g/mol. The van der Waals surface area contributed by atoms with Crippen LogP contribution in [0.1, 0.15) is 20.8 Å². The van der Waals surface area contributed by atoms with Crippen LogP contribution in [-0.2, 0) is 0 Å². The number of aromatic nitrogens is 1. The second-order valence-corrected chi connectivity index (χ2v) is 2.94. The molecule has 15 heavy (non-hydrogen) atoms. The van der Waals surface area contributed by atoms with Crippen molar-refractivity contribution < 1.29 is 14.0 Å². The summed E-state index contributed by atoms with van der Waals surface area (Å²) in [7, 11) is 0. The van der Waals surface area contributed by atoms with Crippen LogP contribution in [-0.4, -0.2) is 16.8 Å². The molecule has 0 radical (unpaired) electrons. The number of nitrogens with zero attached hydrogens (tertiary/aromatic N) is 1. The fourth-order valence-electron chi connectivity index (χ4n) is 1.26. The molecule has 6 nitrogen and oxygen atoms in total. The van der Waals surface area contributed by atoms with Gasteiger partial charge in [0.15, 0.2) is 5.58 Å². The molecule has 2 amide bonds. The van der Waals surface area contributed by atoms with Gasteiger partial charge in [-0.25, -0.2) is 4.98 Å². The van der Waals surface area contributed by atoms with E-state index < -0.39 is 11.8 Å². The molecule has 2 aromatic heterocycles. The van der Waals surface area contributed by atoms with Crippen molar-refractivity contribution in [2.24, 2.45) is 11.5 Å². The van der Waals surface area contributed by atoms with Crippen LogP contribution in [0.15, 0.2) is 22.9 Å². The van der Waals surface area contributed by atoms with E-state index in [2.05, 4.69) is 4.98 Å². The summed E-state index contributed by atoms with van der Waals surface area (Å²) in [5.41, 5.74) is 10.8. The van der Waals surface area contributed by atoms with Crippen molar-refractivity contribution in [2.45, 2.75) is 0 Å². The zero-order chi connectivity index (χ0) is 11.0. The molecule has 2 heterocycles. The number of nitrogens with two attached hydrogens (primary N) is 2. The van der Waals surface area contributed by atoms with Gasteiger partial charge in [0.2, 0.25) is 0 Å².